The molecular weight excluding hydrogens is 338 g/mol. The van der Waals surface area contributed by atoms with Crippen molar-refractivity contribution in [2.45, 2.75) is 30.6 Å². The lowest BCUT2D eigenvalue weighted by Gasteiger charge is -2.31. The van der Waals surface area contributed by atoms with Crippen LogP contribution in [0.25, 0.3) is 0 Å². The van der Waals surface area contributed by atoms with Crippen LogP contribution in [0, 0.1) is 5.92 Å². The van der Waals surface area contributed by atoms with E-state index < -0.39 is 20.8 Å². The highest BCUT2D eigenvalue weighted by Gasteiger charge is 2.51. The van der Waals surface area contributed by atoms with Gasteiger partial charge < -0.3 is 5.73 Å². The van der Waals surface area contributed by atoms with Crippen LogP contribution in [0.1, 0.15) is 24.8 Å². The monoisotopic (exact) mass is 353 g/mol. The Labute approximate surface area is 119 Å². The van der Waals surface area contributed by atoms with Crippen LogP contribution in [0.2, 0.25) is 0 Å². The van der Waals surface area contributed by atoms with Gasteiger partial charge in [-0.3, -0.25) is 0 Å². The molecule has 3 N–H and O–H groups in total. The maximum absolute atomic E-state index is 12.2. The van der Waals surface area contributed by atoms with Crippen molar-refractivity contribution in [1.29, 1.82) is 0 Å². The van der Waals surface area contributed by atoms with E-state index in [2.05, 4.69) is 25.6 Å². The summed E-state index contributed by atoms with van der Waals surface area (Å²) in [5, 5.41) is 1.83. The van der Waals surface area contributed by atoms with Gasteiger partial charge in [0.2, 0.25) is 10.0 Å². The highest BCUT2D eigenvalue weighted by molar-refractivity contribution is 9.10. The summed E-state index contributed by atoms with van der Waals surface area (Å²) in [5.41, 5.74) is 5.33. The Balaban J connectivity index is 2.42. The molecule has 1 aromatic heterocycles. The number of halogens is 1. The minimum atomic E-state index is -3.42. The lowest BCUT2D eigenvalue weighted by molar-refractivity contribution is 0.409. The average Bonchev–Trinajstić information content (AvgIpc) is 2.98. The molecule has 1 aliphatic rings. The Hall–Kier alpha value is -0.0200. The lowest BCUT2D eigenvalue weighted by Crippen LogP contribution is -2.53. The van der Waals surface area contributed by atoms with Gasteiger partial charge in [0, 0.05) is 5.38 Å². The van der Waals surface area contributed by atoms with Gasteiger partial charge in [0.1, 0.15) is 14.9 Å². The zero-order chi connectivity index (χ0) is 13.6. The Kier molecular flexibility index (Phi) is 3.86. The third-order valence-electron chi connectivity index (χ3n) is 3.20. The van der Waals surface area contributed by atoms with E-state index in [4.69, 9.17) is 5.73 Å². The number of hydrogen-bond acceptors (Lipinski definition) is 5. The Morgan fingerprint density at radius 2 is 2.28 bits per heavy atom. The first kappa shape index (κ1) is 14.4. The van der Waals surface area contributed by atoms with Crippen LogP contribution in [0.3, 0.4) is 0 Å². The van der Waals surface area contributed by atoms with E-state index in [-0.39, 0.29) is 5.92 Å². The first-order valence-electron chi connectivity index (χ1n) is 5.62. The number of hydrogen-bond donors (Lipinski definition) is 2. The quantitative estimate of drug-likeness (QED) is 0.837. The Bertz CT molecular complexity index is 537. The molecule has 1 aromatic rings. The molecule has 0 aromatic carbocycles. The number of rotatable bonds is 5. The minimum Gasteiger partial charge on any atom is -0.319 e. The fraction of sp³-hybridized carbons (Fsp3) is 0.700. The molecule has 2 atom stereocenters. The van der Waals surface area contributed by atoms with Crippen LogP contribution in [-0.4, -0.2) is 25.7 Å². The van der Waals surface area contributed by atoms with Crippen LogP contribution in [0.5, 0.6) is 0 Å². The van der Waals surface area contributed by atoms with Crippen molar-refractivity contribution < 1.29 is 8.42 Å². The zero-order valence-corrected chi connectivity index (χ0v) is 13.4. The van der Waals surface area contributed by atoms with E-state index >= 15 is 0 Å². The molecule has 0 bridgehead atoms. The third kappa shape index (κ3) is 2.62. The first-order chi connectivity index (χ1) is 8.29. The summed E-state index contributed by atoms with van der Waals surface area (Å²) in [5.74, 6) is 0.125. The molecule has 1 saturated carbocycles. The van der Waals surface area contributed by atoms with E-state index in [1.807, 2.05) is 5.38 Å². The van der Waals surface area contributed by atoms with Crippen molar-refractivity contribution in [1.82, 2.24) is 9.71 Å². The first-order valence-corrected chi connectivity index (χ1v) is 8.83. The normalized spacial score (nSPS) is 21.6. The van der Waals surface area contributed by atoms with Gasteiger partial charge in [0.25, 0.3) is 0 Å². The number of thiazole rings is 1. The van der Waals surface area contributed by atoms with Gasteiger partial charge >= 0.3 is 0 Å². The molecule has 0 spiro atoms. The summed E-state index contributed by atoms with van der Waals surface area (Å²) in [7, 11) is -1.99. The Morgan fingerprint density at radius 1 is 1.67 bits per heavy atom. The van der Waals surface area contributed by atoms with Gasteiger partial charge in [-0.15, -0.1) is 11.3 Å². The number of sulfonamides is 1. The molecule has 1 heterocycles. The highest BCUT2D eigenvalue weighted by Crippen LogP contribution is 2.44. The molecule has 0 radical (unpaired) electrons. The second kappa shape index (κ2) is 4.82. The van der Waals surface area contributed by atoms with Crippen molar-refractivity contribution in [3.05, 3.63) is 15.0 Å². The average molecular weight is 354 g/mol. The summed E-state index contributed by atoms with van der Waals surface area (Å²) in [6, 6.07) is 0. The summed E-state index contributed by atoms with van der Waals surface area (Å²) in [4.78, 5) is 4.28. The van der Waals surface area contributed by atoms with Crippen LogP contribution < -0.4 is 10.5 Å². The predicted octanol–water partition coefficient (Wildman–Crippen LogP) is 1.41. The fourth-order valence-corrected chi connectivity index (χ4v) is 5.45. The summed E-state index contributed by atoms with van der Waals surface area (Å²) < 4.78 is 27.5. The third-order valence-corrected chi connectivity index (χ3v) is 7.11. The summed E-state index contributed by atoms with van der Waals surface area (Å²) in [6.07, 6.45) is 1.82. The van der Waals surface area contributed by atoms with Gasteiger partial charge in [0.15, 0.2) is 0 Å². The topological polar surface area (TPSA) is 85.1 Å². The van der Waals surface area contributed by atoms with Gasteiger partial charge in [-0.1, -0.05) is 0 Å². The summed E-state index contributed by atoms with van der Waals surface area (Å²) >= 11 is 4.65. The molecule has 1 fully saturated rings. The molecule has 18 heavy (non-hydrogen) atoms. The van der Waals surface area contributed by atoms with Crippen molar-refractivity contribution in [3.8, 4) is 0 Å². The maximum Gasteiger partial charge on any atom is 0.216 e. The van der Waals surface area contributed by atoms with Crippen LogP contribution in [-0.2, 0) is 15.6 Å². The second-order valence-electron chi connectivity index (χ2n) is 4.77. The maximum atomic E-state index is 12.2. The van der Waals surface area contributed by atoms with Crippen molar-refractivity contribution in [2.24, 2.45) is 11.7 Å². The molecule has 8 heteroatoms. The molecule has 5 nitrogen and oxygen atoms in total. The minimum absolute atomic E-state index is 0.125. The molecule has 102 valence electrons. The van der Waals surface area contributed by atoms with E-state index in [1.54, 1.807) is 6.92 Å². The SMILES string of the molecule is CNS(=O)(=O)C(C1CC1)C(C)(N)c1nc(Br)cs1. The van der Waals surface area contributed by atoms with E-state index in [0.29, 0.717) is 9.61 Å². The van der Waals surface area contributed by atoms with Crippen molar-refractivity contribution in [3.63, 3.8) is 0 Å². The lowest BCUT2D eigenvalue weighted by atomic mass is 9.96. The van der Waals surface area contributed by atoms with Gasteiger partial charge in [-0.25, -0.2) is 18.1 Å². The fourth-order valence-electron chi connectivity index (χ4n) is 2.21. The molecule has 0 aliphatic heterocycles. The van der Waals surface area contributed by atoms with Crippen molar-refractivity contribution in [2.75, 3.05) is 7.05 Å². The number of nitrogens with zero attached hydrogens (tertiary/aromatic N) is 1. The van der Waals surface area contributed by atoms with Crippen LogP contribution >= 0.6 is 27.3 Å². The number of aromatic nitrogens is 1. The number of nitrogens with two attached hydrogens (primary N) is 1. The second-order valence-corrected chi connectivity index (χ2v) is 8.44. The number of nitrogens with one attached hydrogen (secondary N) is 1. The van der Waals surface area contributed by atoms with Crippen molar-refractivity contribution >= 4 is 37.3 Å². The van der Waals surface area contributed by atoms with E-state index in [0.717, 1.165) is 12.8 Å². The molecule has 0 amide bonds. The Morgan fingerprint density at radius 3 is 2.67 bits per heavy atom. The van der Waals surface area contributed by atoms with Gasteiger partial charge in [0.05, 0.1) is 5.54 Å². The molecule has 2 rings (SSSR count). The standard InChI is InChI=1S/C10H16BrN3O2S2/c1-10(12,9-14-7(11)5-17-9)8(6-3-4-6)18(15,16)13-2/h5-6,8,13H,3-4,12H2,1-2H3. The van der Waals surface area contributed by atoms with Crippen LogP contribution in [0.15, 0.2) is 9.98 Å². The highest BCUT2D eigenvalue weighted by atomic mass is 79.9. The molecule has 1 aliphatic carbocycles. The predicted molar refractivity (Wildman–Crippen MR) is 75.8 cm³/mol. The molecule has 2 unspecified atom stereocenters. The molecular formula is C10H16BrN3O2S2. The van der Waals surface area contributed by atoms with Gasteiger partial charge in [-0.05, 0) is 48.7 Å². The zero-order valence-electron chi connectivity index (χ0n) is 10.2. The van der Waals surface area contributed by atoms with Crippen LogP contribution in [0.4, 0.5) is 0 Å². The smallest absolute Gasteiger partial charge is 0.216 e. The molecule has 0 saturated heterocycles. The van der Waals surface area contributed by atoms with E-state index in [1.165, 1.54) is 18.4 Å². The summed E-state index contributed by atoms with van der Waals surface area (Å²) in [6.45, 7) is 1.75. The largest absolute Gasteiger partial charge is 0.319 e. The van der Waals surface area contributed by atoms with Gasteiger partial charge in [-0.2, -0.15) is 0 Å². The van der Waals surface area contributed by atoms with E-state index in [9.17, 15) is 8.42 Å².